The van der Waals surface area contributed by atoms with Gasteiger partial charge in [0.25, 0.3) is 0 Å². The molecular formula is C18H17NO4. The van der Waals surface area contributed by atoms with Gasteiger partial charge < -0.3 is 19.2 Å². The first-order valence-electron chi connectivity index (χ1n) is 7.17. The van der Waals surface area contributed by atoms with Gasteiger partial charge in [-0.3, -0.25) is 0 Å². The van der Waals surface area contributed by atoms with E-state index in [-0.39, 0.29) is 0 Å². The lowest BCUT2D eigenvalue weighted by atomic mass is 10.2. The molecule has 118 valence electrons. The Kier molecular flexibility index (Phi) is 4.19. The lowest BCUT2D eigenvalue weighted by Crippen LogP contribution is -2.00. The van der Waals surface area contributed by atoms with Crippen LogP contribution < -0.4 is 9.47 Å². The van der Waals surface area contributed by atoms with Crippen LogP contribution in [0.3, 0.4) is 0 Å². The average molecular weight is 311 g/mol. The van der Waals surface area contributed by atoms with Gasteiger partial charge in [0.1, 0.15) is 12.3 Å². The molecule has 0 unspecified atom stereocenters. The van der Waals surface area contributed by atoms with Gasteiger partial charge in [0.2, 0.25) is 0 Å². The summed E-state index contributed by atoms with van der Waals surface area (Å²) in [5, 5.41) is 0.856. The fourth-order valence-electron chi connectivity index (χ4n) is 2.37. The second-order valence-corrected chi connectivity index (χ2v) is 5.04. The molecule has 2 aromatic carbocycles. The third-order valence-electron chi connectivity index (χ3n) is 3.55. The van der Waals surface area contributed by atoms with E-state index in [4.69, 9.17) is 14.2 Å². The summed E-state index contributed by atoms with van der Waals surface area (Å²) >= 11 is 0. The quantitative estimate of drug-likeness (QED) is 0.732. The number of hydrogen-bond acceptors (Lipinski definition) is 4. The topological polar surface area (TPSA) is 60.6 Å². The number of methoxy groups -OCH3 is 2. The van der Waals surface area contributed by atoms with Gasteiger partial charge in [-0.25, -0.2) is 4.79 Å². The predicted molar refractivity (Wildman–Crippen MR) is 87.0 cm³/mol. The second-order valence-electron chi connectivity index (χ2n) is 5.04. The molecule has 0 fully saturated rings. The highest BCUT2D eigenvalue weighted by molar-refractivity contribution is 5.95. The highest BCUT2D eigenvalue weighted by Gasteiger charge is 2.13. The minimum absolute atomic E-state index is 0.393. The zero-order valence-electron chi connectivity index (χ0n) is 13.0. The van der Waals surface area contributed by atoms with E-state index >= 15 is 0 Å². The van der Waals surface area contributed by atoms with Crippen molar-refractivity contribution in [1.82, 2.24) is 4.98 Å². The third-order valence-corrected chi connectivity index (χ3v) is 3.55. The molecule has 5 heteroatoms. The van der Waals surface area contributed by atoms with Crippen molar-refractivity contribution in [2.45, 2.75) is 6.61 Å². The van der Waals surface area contributed by atoms with Gasteiger partial charge in [0.05, 0.1) is 19.7 Å². The lowest BCUT2D eigenvalue weighted by Gasteiger charge is -2.11. The molecule has 3 aromatic rings. The second kappa shape index (κ2) is 6.44. The van der Waals surface area contributed by atoms with Crippen LogP contribution in [0.1, 0.15) is 16.1 Å². The van der Waals surface area contributed by atoms with Crippen molar-refractivity contribution in [3.63, 3.8) is 0 Å². The zero-order chi connectivity index (χ0) is 16.2. The monoisotopic (exact) mass is 311 g/mol. The van der Waals surface area contributed by atoms with E-state index in [1.165, 1.54) is 7.11 Å². The first-order valence-corrected chi connectivity index (χ1v) is 7.17. The van der Waals surface area contributed by atoms with Crippen LogP contribution in [-0.4, -0.2) is 25.2 Å². The van der Waals surface area contributed by atoms with Crippen molar-refractivity contribution < 1.29 is 19.0 Å². The molecule has 0 aliphatic rings. The summed E-state index contributed by atoms with van der Waals surface area (Å²) in [6, 6.07) is 15.3. The molecule has 0 aliphatic heterocycles. The van der Waals surface area contributed by atoms with Crippen LogP contribution in [0.25, 0.3) is 10.9 Å². The van der Waals surface area contributed by atoms with Gasteiger partial charge in [-0.05, 0) is 17.7 Å². The standard InChI is InChI=1S/C18H17NO4/c1-21-16-10-14-13(8-15(19-14)18(20)22-2)9-17(16)23-11-12-6-4-3-5-7-12/h3-10,19H,11H2,1-2H3. The molecule has 0 amide bonds. The number of ether oxygens (including phenoxy) is 3. The summed E-state index contributed by atoms with van der Waals surface area (Å²) in [5.74, 6) is 0.817. The Bertz CT molecular complexity index is 824. The molecule has 0 atom stereocenters. The third kappa shape index (κ3) is 3.13. The van der Waals surface area contributed by atoms with Crippen molar-refractivity contribution in [1.29, 1.82) is 0 Å². The molecule has 5 nitrogen and oxygen atoms in total. The van der Waals surface area contributed by atoms with Gasteiger partial charge in [0, 0.05) is 11.5 Å². The molecule has 23 heavy (non-hydrogen) atoms. The Morgan fingerprint density at radius 2 is 1.83 bits per heavy atom. The van der Waals surface area contributed by atoms with Gasteiger partial charge in [-0.15, -0.1) is 0 Å². The molecule has 0 saturated carbocycles. The molecule has 1 N–H and O–H groups in total. The summed E-state index contributed by atoms with van der Waals surface area (Å²) in [4.78, 5) is 14.6. The van der Waals surface area contributed by atoms with E-state index in [1.807, 2.05) is 42.5 Å². The van der Waals surface area contributed by atoms with Crippen LogP contribution >= 0.6 is 0 Å². The summed E-state index contributed by atoms with van der Waals surface area (Å²) in [6.45, 7) is 0.441. The molecule has 0 saturated heterocycles. The van der Waals surface area contributed by atoms with E-state index in [0.29, 0.717) is 23.8 Å². The molecule has 3 rings (SSSR count). The number of esters is 1. The minimum atomic E-state index is -0.410. The van der Waals surface area contributed by atoms with Crippen LogP contribution in [0, 0.1) is 0 Å². The number of fused-ring (bicyclic) bond motifs is 1. The molecule has 1 aromatic heterocycles. The molecule has 1 heterocycles. The van der Waals surface area contributed by atoms with Gasteiger partial charge >= 0.3 is 5.97 Å². The summed E-state index contributed by atoms with van der Waals surface area (Å²) in [5.41, 5.74) is 2.25. The zero-order valence-corrected chi connectivity index (χ0v) is 13.0. The Balaban J connectivity index is 1.90. The van der Waals surface area contributed by atoms with Crippen LogP contribution in [0.5, 0.6) is 11.5 Å². The number of nitrogens with one attached hydrogen (secondary N) is 1. The number of aromatic amines is 1. The molecular weight excluding hydrogens is 294 g/mol. The molecule has 0 spiro atoms. The number of hydrogen-bond donors (Lipinski definition) is 1. The van der Waals surface area contributed by atoms with E-state index in [2.05, 4.69) is 4.98 Å². The van der Waals surface area contributed by atoms with Gasteiger partial charge in [0.15, 0.2) is 11.5 Å². The maximum Gasteiger partial charge on any atom is 0.354 e. The van der Waals surface area contributed by atoms with Gasteiger partial charge in [-0.2, -0.15) is 0 Å². The van der Waals surface area contributed by atoms with Crippen molar-refractivity contribution in [3.8, 4) is 11.5 Å². The Morgan fingerprint density at radius 1 is 1.04 bits per heavy atom. The number of rotatable bonds is 5. The van der Waals surface area contributed by atoms with E-state index in [1.54, 1.807) is 13.2 Å². The normalized spacial score (nSPS) is 10.5. The smallest absolute Gasteiger partial charge is 0.354 e. The van der Waals surface area contributed by atoms with E-state index in [9.17, 15) is 4.79 Å². The molecule has 0 bridgehead atoms. The number of carbonyl (C=O) groups excluding carboxylic acids is 1. The maximum atomic E-state index is 11.6. The minimum Gasteiger partial charge on any atom is -0.493 e. The number of aromatic nitrogens is 1. The van der Waals surface area contributed by atoms with Crippen LogP contribution in [-0.2, 0) is 11.3 Å². The SMILES string of the molecule is COC(=O)c1cc2cc(OCc3ccccc3)c(OC)cc2[nH]1. The Labute approximate surface area is 133 Å². The fraction of sp³-hybridized carbons (Fsp3) is 0.167. The van der Waals surface area contributed by atoms with Crippen LogP contribution in [0.2, 0.25) is 0 Å². The van der Waals surface area contributed by atoms with E-state index in [0.717, 1.165) is 16.5 Å². The summed E-state index contributed by atoms with van der Waals surface area (Å²) in [7, 11) is 2.93. The van der Waals surface area contributed by atoms with Crippen molar-refractivity contribution in [2.75, 3.05) is 14.2 Å². The van der Waals surface area contributed by atoms with E-state index < -0.39 is 5.97 Å². The highest BCUT2D eigenvalue weighted by atomic mass is 16.5. The average Bonchev–Trinajstić information content (AvgIpc) is 3.02. The Morgan fingerprint density at radius 3 is 2.52 bits per heavy atom. The molecule has 0 aliphatic carbocycles. The summed E-state index contributed by atoms with van der Waals surface area (Å²) < 4.78 is 16.0. The predicted octanol–water partition coefficient (Wildman–Crippen LogP) is 3.54. The van der Waals surface area contributed by atoms with Crippen LogP contribution in [0.15, 0.2) is 48.5 Å². The van der Waals surface area contributed by atoms with Crippen LogP contribution in [0.4, 0.5) is 0 Å². The van der Waals surface area contributed by atoms with Crippen molar-refractivity contribution >= 4 is 16.9 Å². The number of benzene rings is 2. The fourth-order valence-corrected chi connectivity index (χ4v) is 2.37. The molecule has 0 radical (unpaired) electrons. The lowest BCUT2D eigenvalue weighted by molar-refractivity contribution is 0.0595. The Hall–Kier alpha value is -2.95. The number of H-pyrrole nitrogens is 1. The van der Waals surface area contributed by atoms with Crippen molar-refractivity contribution in [3.05, 3.63) is 59.8 Å². The first kappa shape index (κ1) is 15.0. The largest absolute Gasteiger partial charge is 0.493 e. The highest BCUT2D eigenvalue weighted by Crippen LogP contribution is 2.33. The van der Waals surface area contributed by atoms with Gasteiger partial charge in [-0.1, -0.05) is 30.3 Å². The maximum absolute atomic E-state index is 11.6. The first-order chi connectivity index (χ1) is 11.2. The number of carbonyl (C=O) groups is 1. The summed E-state index contributed by atoms with van der Waals surface area (Å²) in [6.07, 6.45) is 0. The van der Waals surface area contributed by atoms with Crippen molar-refractivity contribution in [2.24, 2.45) is 0 Å².